The molecule has 1 fully saturated rings. The Morgan fingerprint density at radius 1 is 1.25 bits per heavy atom. The number of amides is 3. The second-order valence-electron chi connectivity index (χ2n) is 7.47. The molecule has 1 heterocycles. The van der Waals surface area contributed by atoms with Crippen LogP contribution in [-0.2, 0) is 23.9 Å². The molecule has 2 rings (SSSR count). The Morgan fingerprint density at radius 3 is 2.43 bits per heavy atom. The number of esters is 1. The molecule has 0 bridgehead atoms. The van der Waals surface area contributed by atoms with Gasteiger partial charge in [-0.3, -0.25) is 14.4 Å². The maximum absolute atomic E-state index is 12.9. The lowest BCUT2D eigenvalue weighted by molar-refractivity contribution is -0.156. The summed E-state index contributed by atoms with van der Waals surface area (Å²) in [6.45, 7) is 4.43. The van der Waals surface area contributed by atoms with Gasteiger partial charge in [-0.25, -0.2) is 9.18 Å². The molecule has 8 nitrogen and oxygen atoms in total. The van der Waals surface area contributed by atoms with E-state index < -0.39 is 41.8 Å². The molecule has 1 aromatic rings. The summed E-state index contributed by atoms with van der Waals surface area (Å²) < 4.78 is 18.0. The van der Waals surface area contributed by atoms with E-state index in [0.29, 0.717) is 12.1 Å². The minimum Gasteiger partial charge on any atom is -0.454 e. The molecular weight excluding hydrogens is 369 g/mol. The van der Waals surface area contributed by atoms with Crippen LogP contribution in [0.4, 0.5) is 10.1 Å². The quantitative estimate of drug-likeness (QED) is 0.707. The van der Waals surface area contributed by atoms with Gasteiger partial charge in [-0.1, -0.05) is 0 Å². The highest BCUT2D eigenvalue weighted by Gasteiger charge is 2.32. The fraction of sp³-hybridized carbons (Fsp3) is 0.474. The number of nitrogens with zero attached hydrogens (tertiary/aromatic N) is 1. The van der Waals surface area contributed by atoms with Crippen molar-refractivity contribution in [2.24, 2.45) is 0 Å². The Bertz CT molecular complexity index is 758. The lowest BCUT2D eigenvalue weighted by atomic mass is 10.1. The highest BCUT2D eigenvalue weighted by Crippen LogP contribution is 2.15. The number of anilines is 1. The SMILES string of the molecule is CC(C)(C)N(CC(=O)Nc1ccc(F)cc1)C(=O)COC(=O)[C@@H]1CCC(=O)N1. The summed E-state index contributed by atoms with van der Waals surface area (Å²) in [7, 11) is 0. The molecule has 152 valence electrons. The van der Waals surface area contributed by atoms with E-state index in [1.165, 1.54) is 29.2 Å². The summed E-state index contributed by atoms with van der Waals surface area (Å²) in [5.41, 5.74) is -0.304. The zero-order valence-corrected chi connectivity index (χ0v) is 16.1. The first-order chi connectivity index (χ1) is 13.1. The minimum absolute atomic E-state index is 0.234. The molecule has 1 aliphatic heterocycles. The first-order valence-corrected chi connectivity index (χ1v) is 8.88. The van der Waals surface area contributed by atoms with Crippen LogP contribution < -0.4 is 10.6 Å². The molecule has 1 atom stereocenters. The van der Waals surface area contributed by atoms with Gasteiger partial charge in [-0.05, 0) is 51.5 Å². The predicted molar refractivity (Wildman–Crippen MR) is 98.6 cm³/mol. The maximum atomic E-state index is 12.9. The fourth-order valence-corrected chi connectivity index (χ4v) is 2.68. The van der Waals surface area contributed by atoms with E-state index in [1.54, 1.807) is 20.8 Å². The molecular formula is C19H24FN3O5. The van der Waals surface area contributed by atoms with Crippen molar-refractivity contribution in [3.63, 3.8) is 0 Å². The highest BCUT2D eigenvalue weighted by atomic mass is 19.1. The van der Waals surface area contributed by atoms with Crippen molar-refractivity contribution >= 4 is 29.4 Å². The number of hydrogen-bond donors (Lipinski definition) is 2. The van der Waals surface area contributed by atoms with Crippen LogP contribution in [0, 0.1) is 5.82 Å². The summed E-state index contributed by atoms with van der Waals surface area (Å²) in [4.78, 5) is 49.2. The van der Waals surface area contributed by atoms with Crippen molar-refractivity contribution in [1.29, 1.82) is 0 Å². The zero-order valence-electron chi connectivity index (χ0n) is 16.1. The number of rotatable bonds is 6. The molecule has 1 aromatic carbocycles. The Morgan fingerprint density at radius 2 is 1.89 bits per heavy atom. The van der Waals surface area contributed by atoms with Crippen LogP contribution in [0.15, 0.2) is 24.3 Å². The molecule has 0 radical (unpaired) electrons. The van der Waals surface area contributed by atoms with Gasteiger partial charge in [0.05, 0.1) is 0 Å². The third-order valence-corrected chi connectivity index (χ3v) is 4.16. The zero-order chi connectivity index (χ0) is 20.9. The van der Waals surface area contributed by atoms with E-state index in [9.17, 15) is 23.6 Å². The van der Waals surface area contributed by atoms with Gasteiger partial charge in [0.2, 0.25) is 11.8 Å². The van der Waals surface area contributed by atoms with E-state index in [1.807, 2.05) is 0 Å². The summed E-state index contributed by atoms with van der Waals surface area (Å²) in [6, 6.07) is 4.50. The van der Waals surface area contributed by atoms with Crippen LogP contribution in [0.3, 0.4) is 0 Å². The summed E-state index contributed by atoms with van der Waals surface area (Å²) in [5, 5.41) is 5.06. The molecule has 1 saturated heterocycles. The van der Waals surface area contributed by atoms with Gasteiger partial charge in [0.25, 0.3) is 5.91 Å². The Balaban J connectivity index is 1.93. The smallest absolute Gasteiger partial charge is 0.329 e. The van der Waals surface area contributed by atoms with Gasteiger partial charge in [-0.2, -0.15) is 0 Å². The molecule has 1 aliphatic rings. The van der Waals surface area contributed by atoms with Crippen LogP contribution in [0.2, 0.25) is 0 Å². The van der Waals surface area contributed by atoms with Gasteiger partial charge in [0.1, 0.15) is 18.4 Å². The number of halogens is 1. The largest absolute Gasteiger partial charge is 0.454 e. The number of hydrogen-bond acceptors (Lipinski definition) is 5. The standard InChI is InChI=1S/C19H24FN3O5/c1-19(2,3)23(10-16(25)21-13-6-4-12(20)5-7-13)17(26)11-28-18(27)14-8-9-15(24)22-14/h4-7,14H,8-11H2,1-3H3,(H,21,25)(H,22,24)/t14-/m0/s1. The Kier molecular flexibility index (Phi) is 6.71. The Hall–Kier alpha value is -2.97. The molecule has 0 aliphatic carbocycles. The van der Waals surface area contributed by atoms with Crippen LogP contribution in [0.1, 0.15) is 33.6 Å². The summed E-state index contributed by atoms with van der Waals surface area (Å²) in [6.07, 6.45) is 0.570. The summed E-state index contributed by atoms with van der Waals surface area (Å²) in [5.74, 6) is -2.35. The van der Waals surface area contributed by atoms with Crippen LogP contribution in [0.5, 0.6) is 0 Å². The van der Waals surface area contributed by atoms with Gasteiger partial charge in [0.15, 0.2) is 6.61 Å². The first-order valence-electron chi connectivity index (χ1n) is 8.88. The molecule has 2 N–H and O–H groups in total. The number of carbonyl (C=O) groups excluding carboxylic acids is 4. The second-order valence-corrected chi connectivity index (χ2v) is 7.47. The van der Waals surface area contributed by atoms with Crippen LogP contribution in [-0.4, -0.2) is 53.3 Å². The molecule has 0 spiro atoms. The normalized spacial score (nSPS) is 16.3. The van der Waals surface area contributed by atoms with Crippen molar-refractivity contribution in [2.45, 2.75) is 45.2 Å². The molecule has 3 amide bonds. The van der Waals surface area contributed by atoms with E-state index in [4.69, 9.17) is 4.74 Å². The van der Waals surface area contributed by atoms with Crippen molar-refractivity contribution in [1.82, 2.24) is 10.2 Å². The molecule has 0 aromatic heterocycles. The van der Waals surface area contributed by atoms with Crippen molar-refractivity contribution in [3.05, 3.63) is 30.1 Å². The fourth-order valence-electron chi connectivity index (χ4n) is 2.68. The third kappa shape index (κ3) is 6.04. The molecule has 28 heavy (non-hydrogen) atoms. The average Bonchev–Trinajstić information content (AvgIpc) is 3.05. The van der Waals surface area contributed by atoms with Gasteiger partial charge >= 0.3 is 5.97 Å². The first kappa shape index (κ1) is 21.3. The third-order valence-electron chi connectivity index (χ3n) is 4.16. The van der Waals surface area contributed by atoms with E-state index >= 15 is 0 Å². The lowest BCUT2D eigenvalue weighted by Crippen LogP contribution is -2.51. The minimum atomic E-state index is -0.745. The second kappa shape index (κ2) is 8.81. The number of nitrogens with one attached hydrogen (secondary N) is 2. The average molecular weight is 393 g/mol. The Labute approximate surface area is 162 Å². The van der Waals surface area contributed by atoms with E-state index in [-0.39, 0.29) is 18.9 Å². The predicted octanol–water partition coefficient (Wildman–Crippen LogP) is 1.21. The molecule has 0 saturated carbocycles. The van der Waals surface area contributed by atoms with Crippen LogP contribution in [0.25, 0.3) is 0 Å². The van der Waals surface area contributed by atoms with Crippen molar-refractivity contribution in [3.8, 4) is 0 Å². The van der Waals surface area contributed by atoms with Gasteiger partial charge in [0, 0.05) is 17.6 Å². The van der Waals surface area contributed by atoms with Gasteiger partial charge < -0.3 is 20.3 Å². The highest BCUT2D eigenvalue weighted by molar-refractivity contribution is 5.95. The monoisotopic (exact) mass is 393 g/mol. The van der Waals surface area contributed by atoms with E-state index in [2.05, 4.69) is 10.6 Å². The van der Waals surface area contributed by atoms with Gasteiger partial charge in [-0.15, -0.1) is 0 Å². The number of ether oxygens (including phenoxy) is 1. The maximum Gasteiger partial charge on any atom is 0.329 e. The molecule has 0 unspecified atom stereocenters. The van der Waals surface area contributed by atoms with Crippen molar-refractivity contribution < 1.29 is 28.3 Å². The van der Waals surface area contributed by atoms with E-state index in [0.717, 1.165) is 0 Å². The molecule has 9 heteroatoms. The number of carbonyl (C=O) groups is 4. The summed E-state index contributed by atoms with van der Waals surface area (Å²) >= 11 is 0. The lowest BCUT2D eigenvalue weighted by Gasteiger charge is -2.35. The topological polar surface area (TPSA) is 105 Å². The number of benzene rings is 1. The van der Waals surface area contributed by atoms with Crippen molar-refractivity contribution in [2.75, 3.05) is 18.5 Å². The van der Waals surface area contributed by atoms with Crippen LogP contribution >= 0.6 is 0 Å².